The van der Waals surface area contributed by atoms with Crippen LogP contribution in [0.5, 0.6) is 0 Å². The number of carbonyl (C=O) groups is 2. The number of aromatic carboxylic acids is 1. The molecule has 9 heteroatoms. The van der Waals surface area contributed by atoms with Gasteiger partial charge < -0.3 is 10.8 Å². The molecule has 3 aromatic rings. The molecule has 0 amide bonds. The summed E-state index contributed by atoms with van der Waals surface area (Å²) in [4.78, 5) is 50.0. The second-order valence-electron chi connectivity index (χ2n) is 7.09. The minimum Gasteiger partial charge on any atom is -0.478 e. The van der Waals surface area contributed by atoms with E-state index in [-0.39, 0.29) is 30.0 Å². The average Bonchev–Trinajstić information content (AvgIpc) is 2.81. The van der Waals surface area contributed by atoms with Crippen molar-refractivity contribution >= 4 is 23.6 Å². The predicted octanol–water partition coefficient (Wildman–Crippen LogP) is 2.15. The highest BCUT2D eigenvalue weighted by atomic mass is 16.4. The lowest BCUT2D eigenvalue weighted by Crippen LogP contribution is -2.44. The third kappa shape index (κ3) is 4.65. The number of anilines is 1. The molecule has 0 saturated carbocycles. The lowest BCUT2D eigenvalue weighted by atomic mass is 10.0. The second-order valence-corrected chi connectivity index (χ2v) is 7.09. The maximum atomic E-state index is 13.2. The summed E-state index contributed by atoms with van der Waals surface area (Å²) in [5.41, 5.74) is 4.90. The first-order valence-electron chi connectivity index (χ1n) is 9.95. The zero-order valence-corrected chi connectivity index (χ0v) is 17.7. The Morgan fingerprint density at radius 1 is 1.06 bits per heavy atom. The van der Waals surface area contributed by atoms with E-state index in [0.29, 0.717) is 5.56 Å². The van der Waals surface area contributed by atoms with Gasteiger partial charge in [-0.2, -0.15) is 5.26 Å². The number of ketones is 1. The van der Waals surface area contributed by atoms with Gasteiger partial charge in [-0.3, -0.25) is 18.7 Å². The lowest BCUT2D eigenvalue weighted by molar-refractivity contribution is 0.0696. The number of carboxylic acid groups (broad SMARTS) is 1. The summed E-state index contributed by atoms with van der Waals surface area (Å²) < 4.78 is 2.02. The van der Waals surface area contributed by atoms with Crippen molar-refractivity contribution in [2.24, 2.45) is 0 Å². The topological polar surface area (TPSA) is 148 Å². The third-order valence-electron chi connectivity index (χ3n) is 5.03. The summed E-state index contributed by atoms with van der Waals surface area (Å²) in [6.45, 7) is 1.63. The first-order valence-corrected chi connectivity index (χ1v) is 9.95. The van der Waals surface area contributed by atoms with Gasteiger partial charge in [-0.15, -0.1) is 0 Å². The number of carbonyl (C=O) groups excluding carboxylic acids is 1. The number of benzene rings is 2. The van der Waals surface area contributed by atoms with Crippen LogP contribution in [0.3, 0.4) is 0 Å². The van der Waals surface area contributed by atoms with E-state index in [9.17, 15) is 24.4 Å². The normalized spacial score (nSPS) is 11.1. The summed E-state index contributed by atoms with van der Waals surface area (Å²) in [5, 5.41) is 18.6. The van der Waals surface area contributed by atoms with Crippen LogP contribution in [0, 0.1) is 11.3 Å². The van der Waals surface area contributed by atoms with Gasteiger partial charge in [-0.1, -0.05) is 42.5 Å². The molecule has 0 aliphatic carbocycles. The van der Waals surface area contributed by atoms with Gasteiger partial charge in [0, 0.05) is 6.54 Å². The molecule has 3 rings (SSSR count). The molecule has 2 aromatic carbocycles. The molecule has 0 atom stereocenters. The quantitative estimate of drug-likeness (QED) is 0.322. The molecule has 0 unspecified atom stereocenters. The molecule has 3 N–H and O–H groups in total. The van der Waals surface area contributed by atoms with Crippen LogP contribution in [-0.4, -0.2) is 26.0 Å². The number of rotatable bonds is 7. The Balaban J connectivity index is 2.13. The van der Waals surface area contributed by atoms with Crippen molar-refractivity contribution in [3.05, 3.63) is 103 Å². The van der Waals surface area contributed by atoms with Crippen molar-refractivity contribution in [1.82, 2.24) is 9.13 Å². The van der Waals surface area contributed by atoms with Crippen LogP contribution in [0.2, 0.25) is 0 Å². The van der Waals surface area contributed by atoms with Gasteiger partial charge in [0.15, 0.2) is 0 Å². The van der Waals surface area contributed by atoms with Gasteiger partial charge in [0.2, 0.25) is 5.78 Å². The van der Waals surface area contributed by atoms with Gasteiger partial charge in [0.25, 0.3) is 5.56 Å². The van der Waals surface area contributed by atoms with Gasteiger partial charge >= 0.3 is 11.7 Å². The van der Waals surface area contributed by atoms with Crippen LogP contribution in [0.15, 0.2) is 69.8 Å². The van der Waals surface area contributed by atoms with E-state index in [4.69, 9.17) is 10.8 Å². The number of carboxylic acids is 1. The monoisotopic (exact) mass is 444 g/mol. The maximum Gasteiger partial charge on any atom is 0.335 e. The number of nitrogens with two attached hydrogens (primary N) is 1. The fourth-order valence-electron chi connectivity index (χ4n) is 3.30. The first kappa shape index (κ1) is 23.0. The Hall–Kier alpha value is -4.71. The Morgan fingerprint density at radius 3 is 2.24 bits per heavy atom. The van der Waals surface area contributed by atoms with Crippen LogP contribution in [-0.2, 0) is 13.1 Å². The van der Waals surface area contributed by atoms with E-state index in [1.807, 2.05) is 6.07 Å². The average molecular weight is 444 g/mol. The summed E-state index contributed by atoms with van der Waals surface area (Å²) in [7, 11) is 0. The van der Waals surface area contributed by atoms with E-state index in [1.54, 1.807) is 37.3 Å². The Labute approximate surface area is 188 Å². The maximum absolute atomic E-state index is 13.2. The number of aromatic nitrogens is 2. The largest absolute Gasteiger partial charge is 0.478 e. The molecule has 0 saturated heterocycles. The first-order chi connectivity index (χ1) is 15.8. The molecule has 0 spiro atoms. The summed E-state index contributed by atoms with van der Waals surface area (Å²) >= 11 is 0. The van der Waals surface area contributed by atoms with E-state index < -0.39 is 28.6 Å². The molecule has 1 aromatic heterocycles. The standard InChI is InChI=1S/C24H20N4O5/c1-2-27-22(30)19(21(26)28(24(27)33)14-16-6-4-3-5-7-16)20(29)18(13-25)12-15-8-10-17(11-9-15)23(31)32/h3-12H,2,14,26H2,1H3,(H,31,32). The molecule has 1 heterocycles. The van der Waals surface area contributed by atoms with Gasteiger partial charge in [0.05, 0.1) is 12.1 Å². The van der Waals surface area contributed by atoms with Crippen molar-refractivity contribution in [2.45, 2.75) is 20.0 Å². The molecular formula is C24H20N4O5. The number of nitrogens with zero attached hydrogens (tertiary/aromatic N) is 3. The van der Waals surface area contributed by atoms with Gasteiger partial charge in [-0.25, -0.2) is 9.59 Å². The smallest absolute Gasteiger partial charge is 0.335 e. The highest BCUT2D eigenvalue weighted by molar-refractivity contribution is 6.16. The molecule has 0 aliphatic rings. The minimum atomic E-state index is -1.12. The SMILES string of the molecule is CCn1c(=O)c(C(=O)C(C#N)=Cc2ccc(C(=O)O)cc2)c(N)n(Cc2ccccc2)c1=O. The van der Waals surface area contributed by atoms with E-state index >= 15 is 0 Å². The van der Waals surface area contributed by atoms with Crippen LogP contribution < -0.4 is 17.0 Å². The van der Waals surface area contributed by atoms with Gasteiger partial charge in [-0.05, 0) is 36.3 Å². The number of nitrogen functional groups attached to an aromatic ring is 1. The Bertz CT molecular complexity index is 1410. The second kappa shape index (κ2) is 9.62. The van der Waals surface area contributed by atoms with Crippen molar-refractivity contribution < 1.29 is 14.7 Å². The van der Waals surface area contributed by atoms with E-state index in [0.717, 1.165) is 14.7 Å². The molecule has 166 valence electrons. The van der Waals surface area contributed by atoms with E-state index in [1.165, 1.54) is 30.3 Å². The van der Waals surface area contributed by atoms with Crippen LogP contribution >= 0.6 is 0 Å². The molecule has 0 radical (unpaired) electrons. The van der Waals surface area contributed by atoms with Crippen molar-refractivity contribution in [1.29, 1.82) is 5.26 Å². The molecule has 9 nitrogen and oxygen atoms in total. The van der Waals surface area contributed by atoms with Crippen LogP contribution in [0.25, 0.3) is 6.08 Å². The fraction of sp³-hybridized carbons (Fsp3) is 0.125. The lowest BCUT2D eigenvalue weighted by Gasteiger charge is -2.15. The number of nitriles is 1. The van der Waals surface area contributed by atoms with Crippen molar-refractivity contribution in [3.63, 3.8) is 0 Å². The zero-order valence-electron chi connectivity index (χ0n) is 17.7. The number of hydrogen-bond acceptors (Lipinski definition) is 6. The summed E-state index contributed by atoms with van der Waals surface area (Å²) in [6, 6.07) is 16.2. The molecule has 0 aliphatic heterocycles. The Morgan fingerprint density at radius 2 is 1.70 bits per heavy atom. The number of hydrogen-bond donors (Lipinski definition) is 2. The van der Waals surface area contributed by atoms with Gasteiger partial charge in [0.1, 0.15) is 23.0 Å². The van der Waals surface area contributed by atoms with Crippen molar-refractivity contribution in [3.8, 4) is 6.07 Å². The zero-order chi connectivity index (χ0) is 24.1. The predicted molar refractivity (Wildman–Crippen MR) is 122 cm³/mol. The third-order valence-corrected chi connectivity index (χ3v) is 5.03. The van der Waals surface area contributed by atoms with E-state index in [2.05, 4.69) is 0 Å². The van der Waals surface area contributed by atoms with Crippen LogP contribution in [0.4, 0.5) is 5.82 Å². The van der Waals surface area contributed by atoms with Crippen LogP contribution in [0.1, 0.15) is 38.8 Å². The summed E-state index contributed by atoms with van der Waals surface area (Å²) in [6.07, 6.45) is 1.23. The Kier molecular flexibility index (Phi) is 6.69. The number of allylic oxidation sites excluding steroid dienone is 1. The molecule has 33 heavy (non-hydrogen) atoms. The highest BCUT2D eigenvalue weighted by Gasteiger charge is 2.25. The fourth-order valence-corrected chi connectivity index (χ4v) is 3.30. The van der Waals surface area contributed by atoms with Crippen molar-refractivity contribution in [2.75, 3.05) is 5.73 Å². The highest BCUT2D eigenvalue weighted by Crippen LogP contribution is 2.16. The molecule has 0 bridgehead atoms. The summed E-state index contributed by atoms with van der Waals surface area (Å²) in [5.74, 6) is -2.37. The molecular weight excluding hydrogens is 424 g/mol. The molecule has 0 fully saturated rings. The minimum absolute atomic E-state index is 0.00919. The number of Topliss-reactive ketones (excluding diaryl/α,β-unsaturated/α-hetero) is 1.